The zero-order valence-corrected chi connectivity index (χ0v) is 13.2. The van der Waals surface area contributed by atoms with Crippen molar-refractivity contribution >= 4 is 12.0 Å². The van der Waals surface area contributed by atoms with Crippen LogP contribution in [0.5, 0.6) is 0 Å². The summed E-state index contributed by atoms with van der Waals surface area (Å²) < 4.78 is 50.6. The zero-order valence-electron chi connectivity index (χ0n) is 13.2. The van der Waals surface area contributed by atoms with Crippen molar-refractivity contribution in [2.45, 2.75) is 25.7 Å². The van der Waals surface area contributed by atoms with Crippen LogP contribution in [0.4, 0.5) is 13.2 Å². The summed E-state index contributed by atoms with van der Waals surface area (Å²) in [5, 5.41) is 6.28. The average Bonchev–Trinajstić information content (AvgIpc) is 3.20. The fourth-order valence-electron chi connectivity index (χ4n) is 2.61. The molecule has 3 rings (SSSR count). The van der Waals surface area contributed by atoms with E-state index in [1.54, 1.807) is 12.1 Å². The number of carbonyl (C=O) groups excluding carboxylic acids is 1. The van der Waals surface area contributed by atoms with Crippen molar-refractivity contribution in [2.75, 3.05) is 13.2 Å². The van der Waals surface area contributed by atoms with Crippen LogP contribution in [0.1, 0.15) is 22.7 Å². The van der Waals surface area contributed by atoms with Crippen LogP contribution in [-0.2, 0) is 35.3 Å². The molecule has 0 fully saturated rings. The molecule has 0 spiro atoms. The number of rotatable bonds is 5. The minimum atomic E-state index is -4.52. The van der Waals surface area contributed by atoms with Gasteiger partial charge in [0, 0.05) is 30.3 Å². The summed E-state index contributed by atoms with van der Waals surface area (Å²) in [4.78, 5) is 11.7. The summed E-state index contributed by atoms with van der Waals surface area (Å²) >= 11 is 0. The molecule has 0 saturated carbocycles. The van der Waals surface area contributed by atoms with Gasteiger partial charge in [-0.2, -0.15) is 18.3 Å². The van der Waals surface area contributed by atoms with E-state index in [2.05, 4.69) is 10.4 Å². The molecule has 25 heavy (non-hydrogen) atoms. The van der Waals surface area contributed by atoms with Crippen LogP contribution >= 0.6 is 0 Å². The molecule has 3 heterocycles. The second kappa shape index (κ2) is 7.14. The quantitative estimate of drug-likeness (QED) is 0.837. The van der Waals surface area contributed by atoms with Crippen molar-refractivity contribution in [3.63, 3.8) is 0 Å². The number of alkyl halides is 3. The summed E-state index contributed by atoms with van der Waals surface area (Å²) in [5.74, 6) is 0.169. The Hall–Kier alpha value is -2.55. The first-order chi connectivity index (χ1) is 11.9. The lowest BCUT2D eigenvalue weighted by Gasteiger charge is -2.15. The molecule has 1 amide bonds. The fraction of sp³-hybridized carbons (Fsp3) is 0.375. The van der Waals surface area contributed by atoms with Crippen molar-refractivity contribution in [3.8, 4) is 0 Å². The summed E-state index contributed by atoms with van der Waals surface area (Å²) in [6, 6.07) is 3.39. The first-order valence-electron chi connectivity index (χ1n) is 7.68. The lowest BCUT2D eigenvalue weighted by molar-refractivity contribution is -0.142. The Bertz CT molecular complexity index is 764. The van der Waals surface area contributed by atoms with Gasteiger partial charge in [0.2, 0.25) is 5.91 Å². The third-order valence-corrected chi connectivity index (χ3v) is 3.73. The van der Waals surface area contributed by atoms with E-state index in [-0.39, 0.29) is 31.2 Å². The number of nitrogens with one attached hydrogen (secondary N) is 1. The summed E-state index contributed by atoms with van der Waals surface area (Å²) in [6.07, 6.45) is 0.132. The Morgan fingerprint density at radius 1 is 1.44 bits per heavy atom. The largest absolute Gasteiger partial charge is 0.465 e. The van der Waals surface area contributed by atoms with Gasteiger partial charge in [-0.1, -0.05) is 0 Å². The molecule has 0 aliphatic carbocycles. The van der Waals surface area contributed by atoms with Crippen molar-refractivity contribution < 1.29 is 27.1 Å². The first kappa shape index (κ1) is 17.3. The highest BCUT2D eigenvalue weighted by Crippen LogP contribution is 2.34. The van der Waals surface area contributed by atoms with Gasteiger partial charge in [-0.05, 0) is 18.2 Å². The number of nitrogens with zero attached hydrogens (tertiary/aromatic N) is 2. The van der Waals surface area contributed by atoms with Crippen molar-refractivity contribution in [3.05, 3.63) is 47.2 Å². The summed E-state index contributed by atoms with van der Waals surface area (Å²) in [7, 11) is 0. The number of halogens is 3. The monoisotopic (exact) mass is 355 g/mol. The van der Waals surface area contributed by atoms with E-state index in [1.165, 1.54) is 23.1 Å². The van der Waals surface area contributed by atoms with E-state index < -0.39 is 11.9 Å². The van der Waals surface area contributed by atoms with E-state index >= 15 is 0 Å². The Morgan fingerprint density at radius 2 is 2.28 bits per heavy atom. The molecule has 2 aromatic heterocycles. The minimum absolute atomic E-state index is 0.0859. The molecule has 0 unspecified atom stereocenters. The second-order valence-electron chi connectivity index (χ2n) is 5.44. The third-order valence-electron chi connectivity index (χ3n) is 3.73. The molecule has 2 aromatic rings. The van der Waals surface area contributed by atoms with Gasteiger partial charge in [-0.15, -0.1) is 0 Å². The molecule has 134 valence electrons. The number of hydrogen-bond donors (Lipinski definition) is 1. The average molecular weight is 355 g/mol. The van der Waals surface area contributed by atoms with Crippen LogP contribution in [0.15, 0.2) is 28.9 Å². The zero-order chi connectivity index (χ0) is 17.9. The van der Waals surface area contributed by atoms with Crippen LogP contribution in [0.25, 0.3) is 6.08 Å². The van der Waals surface area contributed by atoms with Gasteiger partial charge < -0.3 is 14.5 Å². The van der Waals surface area contributed by atoms with Crippen LogP contribution in [0, 0.1) is 0 Å². The molecular weight excluding hydrogens is 339 g/mol. The molecule has 0 atom stereocenters. The van der Waals surface area contributed by atoms with Gasteiger partial charge in [0.05, 0.1) is 26.0 Å². The molecule has 9 heteroatoms. The van der Waals surface area contributed by atoms with Crippen LogP contribution in [-0.4, -0.2) is 28.8 Å². The van der Waals surface area contributed by atoms with Gasteiger partial charge in [0.25, 0.3) is 0 Å². The fourth-order valence-corrected chi connectivity index (χ4v) is 2.61. The Labute approximate surface area is 141 Å². The Morgan fingerprint density at radius 3 is 3.00 bits per heavy atom. The number of amides is 1. The van der Waals surface area contributed by atoms with Gasteiger partial charge in [0.1, 0.15) is 5.76 Å². The maximum atomic E-state index is 13.1. The molecule has 0 saturated heterocycles. The van der Waals surface area contributed by atoms with Crippen LogP contribution < -0.4 is 5.32 Å². The highest BCUT2D eigenvalue weighted by molar-refractivity contribution is 5.91. The summed E-state index contributed by atoms with van der Waals surface area (Å²) in [6.45, 7) is 0.572. The van der Waals surface area contributed by atoms with Gasteiger partial charge in [0.15, 0.2) is 5.69 Å². The molecule has 1 N–H and O–H groups in total. The van der Waals surface area contributed by atoms with Crippen molar-refractivity contribution in [1.82, 2.24) is 15.1 Å². The second-order valence-corrected chi connectivity index (χ2v) is 5.44. The summed E-state index contributed by atoms with van der Waals surface area (Å²) in [5.41, 5.74) is -0.312. The third kappa shape index (κ3) is 4.11. The molecule has 0 radical (unpaired) electrons. The number of aromatic nitrogens is 2. The lowest BCUT2D eigenvalue weighted by Crippen LogP contribution is -2.27. The molecule has 0 bridgehead atoms. The predicted molar refractivity (Wildman–Crippen MR) is 81.3 cm³/mol. The number of ether oxygens (including phenoxy) is 1. The maximum Gasteiger partial charge on any atom is 0.435 e. The van der Waals surface area contributed by atoms with Crippen LogP contribution in [0.2, 0.25) is 0 Å². The Balaban J connectivity index is 1.61. The molecule has 1 aliphatic rings. The number of carbonyl (C=O) groups is 1. The van der Waals surface area contributed by atoms with Crippen molar-refractivity contribution in [1.29, 1.82) is 0 Å². The molecular formula is C16H16F3N3O3. The van der Waals surface area contributed by atoms with E-state index in [1.807, 2.05) is 0 Å². The van der Waals surface area contributed by atoms with Gasteiger partial charge in [-0.25, -0.2) is 0 Å². The van der Waals surface area contributed by atoms with Gasteiger partial charge >= 0.3 is 6.18 Å². The highest BCUT2D eigenvalue weighted by atomic mass is 19.4. The van der Waals surface area contributed by atoms with E-state index in [4.69, 9.17) is 9.15 Å². The Kier molecular flexibility index (Phi) is 4.93. The molecule has 1 aliphatic heterocycles. The standard InChI is InChI=1S/C16H16F3N3O3/c17-16(18,19)15-12-10-24-9-5-13(12)22(21-15)7-6-20-14(23)4-3-11-2-1-8-25-11/h1-4,8H,5-7,9-10H2,(H,20,23). The topological polar surface area (TPSA) is 69.3 Å². The lowest BCUT2D eigenvalue weighted by atomic mass is 10.1. The molecule has 0 aromatic carbocycles. The maximum absolute atomic E-state index is 13.1. The predicted octanol–water partition coefficient (Wildman–Crippen LogP) is 2.40. The highest BCUT2D eigenvalue weighted by Gasteiger charge is 2.39. The van der Waals surface area contributed by atoms with E-state index in [0.29, 0.717) is 24.5 Å². The SMILES string of the molecule is O=C(C=Cc1ccco1)NCCn1nc(C(F)(F)F)c2c1CCOC2. The number of hydrogen-bond acceptors (Lipinski definition) is 4. The van der Waals surface area contributed by atoms with Gasteiger partial charge in [-0.3, -0.25) is 9.48 Å². The van der Waals surface area contributed by atoms with Crippen LogP contribution in [0.3, 0.4) is 0 Å². The first-order valence-corrected chi connectivity index (χ1v) is 7.68. The van der Waals surface area contributed by atoms with Crippen molar-refractivity contribution in [2.24, 2.45) is 0 Å². The minimum Gasteiger partial charge on any atom is -0.465 e. The number of fused-ring (bicyclic) bond motifs is 1. The number of furan rings is 1. The van der Waals surface area contributed by atoms with E-state index in [9.17, 15) is 18.0 Å². The normalized spacial score (nSPS) is 14.7. The van der Waals surface area contributed by atoms with E-state index in [0.717, 1.165) is 0 Å². The molecule has 6 nitrogen and oxygen atoms in total. The smallest absolute Gasteiger partial charge is 0.435 e.